The summed E-state index contributed by atoms with van der Waals surface area (Å²) in [5, 5.41) is 1.05. The van der Waals surface area contributed by atoms with Gasteiger partial charge in [0, 0.05) is 30.2 Å². The Morgan fingerprint density at radius 2 is 1.94 bits per heavy atom. The number of halogens is 1. The van der Waals surface area contributed by atoms with E-state index < -0.39 is 0 Å². The summed E-state index contributed by atoms with van der Waals surface area (Å²) in [5.74, 6) is 0.976. The Kier molecular flexibility index (Phi) is 7.10. The Morgan fingerprint density at radius 3 is 2.59 bits per heavy atom. The summed E-state index contributed by atoms with van der Waals surface area (Å²) in [6.07, 6.45) is 2.26. The lowest BCUT2D eigenvalue weighted by Gasteiger charge is -2.21. The van der Waals surface area contributed by atoms with E-state index in [9.17, 15) is 0 Å². The van der Waals surface area contributed by atoms with E-state index in [0.717, 1.165) is 43.6 Å². The van der Waals surface area contributed by atoms with Gasteiger partial charge in [0.15, 0.2) is 0 Å². The predicted octanol–water partition coefficient (Wildman–Crippen LogP) is 4.09. The van der Waals surface area contributed by atoms with Gasteiger partial charge in [0.2, 0.25) is 0 Å². The zero-order valence-electron chi connectivity index (χ0n) is 10.8. The number of hydrogen-bond donors (Lipinski definition) is 0. The zero-order chi connectivity index (χ0) is 12.5. The van der Waals surface area contributed by atoms with Gasteiger partial charge in [-0.25, -0.2) is 0 Å². The quantitative estimate of drug-likeness (QED) is 0.530. The average molecular weight is 300 g/mol. The van der Waals surface area contributed by atoms with Gasteiger partial charge in [-0.15, -0.1) is 0 Å². The lowest BCUT2D eigenvalue weighted by molar-refractivity contribution is 0.310. The molecule has 0 bridgehead atoms. The molecule has 1 aromatic carbocycles. The number of benzene rings is 1. The molecule has 2 nitrogen and oxygen atoms in total. The van der Waals surface area contributed by atoms with Gasteiger partial charge >= 0.3 is 0 Å². The van der Waals surface area contributed by atoms with Crippen LogP contribution in [0.15, 0.2) is 24.3 Å². The van der Waals surface area contributed by atoms with Crippen molar-refractivity contribution in [1.82, 2.24) is 0 Å². The minimum Gasteiger partial charge on any atom is -0.494 e. The fourth-order valence-electron chi connectivity index (χ4n) is 1.75. The molecular formula is C14H22BrNO. The van der Waals surface area contributed by atoms with E-state index in [-0.39, 0.29) is 0 Å². The maximum Gasteiger partial charge on any atom is 0.121 e. The van der Waals surface area contributed by atoms with Crippen LogP contribution >= 0.6 is 15.9 Å². The SMILES string of the molecule is CCN(CC)c1cccc(OCCCCBr)c1. The van der Waals surface area contributed by atoms with Crippen LogP contribution in [-0.4, -0.2) is 25.0 Å². The number of nitrogens with zero attached hydrogens (tertiary/aromatic N) is 1. The highest BCUT2D eigenvalue weighted by atomic mass is 79.9. The molecule has 0 unspecified atom stereocenters. The van der Waals surface area contributed by atoms with Crippen molar-refractivity contribution in [2.45, 2.75) is 26.7 Å². The van der Waals surface area contributed by atoms with Gasteiger partial charge in [0.05, 0.1) is 6.61 Å². The third kappa shape index (κ3) is 4.99. The molecule has 0 fully saturated rings. The van der Waals surface area contributed by atoms with Crippen LogP contribution in [0.2, 0.25) is 0 Å². The fourth-order valence-corrected chi connectivity index (χ4v) is 2.14. The number of unbranched alkanes of at least 4 members (excludes halogenated alkanes) is 1. The van der Waals surface area contributed by atoms with Crippen molar-refractivity contribution >= 4 is 21.6 Å². The first-order chi connectivity index (χ1) is 8.31. The van der Waals surface area contributed by atoms with Crippen LogP contribution in [0, 0.1) is 0 Å². The number of rotatable bonds is 8. The molecule has 0 radical (unpaired) electrons. The van der Waals surface area contributed by atoms with Crippen molar-refractivity contribution in [2.24, 2.45) is 0 Å². The van der Waals surface area contributed by atoms with Gasteiger partial charge in [-0.1, -0.05) is 22.0 Å². The third-order valence-electron chi connectivity index (χ3n) is 2.74. The molecule has 0 N–H and O–H groups in total. The molecule has 0 saturated carbocycles. The predicted molar refractivity (Wildman–Crippen MR) is 78.5 cm³/mol. The molecule has 0 saturated heterocycles. The minimum absolute atomic E-state index is 0.799. The zero-order valence-corrected chi connectivity index (χ0v) is 12.4. The van der Waals surface area contributed by atoms with Crippen molar-refractivity contribution in [3.05, 3.63) is 24.3 Å². The summed E-state index contributed by atoms with van der Waals surface area (Å²) in [4.78, 5) is 2.32. The van der Waals surface area contributed by atoms with E-state index in [0.29, 0.717) is 0 Å². The van der Waals surface area contributed by atoms with Crippen LogP contribution in [0.5, 0.6) is 5.75 Å². The largest absolute Gasteiger partial charge is 0.494 e. The highest BCUT2D eigenvalue weighted by Crippen LogP contribution is 2.21. The fraction of sp³-hybridized carbons (Fsp3) is 0.571. The van der Waals surface area contributed by atoms with Crippen molar-refractivity contribution in [3.8, 4) is 5.75 Å². The molecule has 0 aromatic heterocycles. The molecule has 0 aliphatic carbocycles. The second-order valence-electron chi connectivity index (χ2n) is 3.91. The normalized spacial score (nSPS) is 10.3. The van der Waals surface area contributed by atoms with E-state index in [4.69, 9.17) is 4.74 Å². The molecule has 0 spiro atoms. The van der Waals surface area contributed by atoms with Gasteiger partial charge in [0.1, 0.15) is 5.75 Å². The van der Waals surface area contributed by atoms with Gasteiger partial charge in [-0.2, -0.15) is 0 Å². The molecule has 0 aliphatic heterocycles. The van der Waals surface area contributed by atoms with Gasteiger partial charge < -0.3 is 9.64 Å². The summed E-state index contributed by atoms with van der Waals surface area (Å²) in [6, 6.07) is 8.36. The first kappa shape index (κ1) is 14.4. The molecule has 3 heteroatoms. The lowest BCUT2D eigenvalue weighted by atomic mass is 10.2. The Morgan fingerprint density at radius 1 is 1.18 bits per heavy atom. The first-order valence-electron chi connectivity index (χ1n) is 6.35. The summed E-state index contributed by atoms with van der Waals surface area (Å²) in [7, 11) is 0. The molecule has 0 aliphatic rings. The van der Waals surface area contributed by atoms with Crippen LogP contribution in [0.1, 0.15) is 26.7 Å². The highest BCUT2D eigenvalue weighted by Gasteiger charge is 2.02. The Hall–Kier alpha value is -0.700. The van der Waals surface area contributed by atoms with E-state index >= 15 is 0 Å². The number of hydrogen-bond acceptors (Lipinski definition) is 2. The topological polar surface area (TPSA) is 12.5 Å². The van der Waals surface area contributed by atoms with E-state index in [1.807, 2.05) is 6.07 Å². The highest BCUT2D eigenvalue weighted by molar-refractivity contribution is 9.09. The van der Waals surface area contributed by atoms with Crippen LogP contribution < -0.4 is 9.64 Å². The van der Waals surface area contributed by atoms with Gasteiger partial charge in [-0.3, -0.25) is 0 Å². The Balaban J connectivity index is 2.53. The first-order valence-corrected chi connectivity index (χ1v) is 7.47. The standard InChI is InChI=1S/C14H22BrNO/c1-3-16(4-2)13-8-7-9-14(12-13)17-11-6-5-10-15/h7-9,12H,3-6,10-11H2,1-2H3. The number of ether oxygens (including phenoxy) is 1. The number of alkyl halides is 1. The second kappa shape index (κ2) is 8.40. The third-order valence-corrected chi connectivity index (χ3v) is 3.30. The van der Waals surface area contributed by atoms with Gasteiger partial charge in [-0.05, 0) is 38.8 Å². The smallest absolute Gasteiger partial charge is 0.121 e. The minimum atomic E-state index is 0.799. The number of anilines is 1. The molecular weight excluding hydrogens is 278 g/mol. The van der Waals surface area contributed by atoms with Crippen molar-refractivity contribution < 1.29 is 4.74 Å². The van der Waals surface area contributed by atoms with E-state index in [1.165, 1.54) is 5.69 Å². The second-order valence-corrected chi connectivity index (χ2v) is 4.71. The summed E-state index contributed by atoms with van der Waals surface area (Å²) < 4.78 is 5.74. The van der Waals surface area contributed by atoms with Crippen LogP contribution in [0.25, 0.3) is 0 Å². The summed E-state index contributed by atoms with van der Waals surface area (Å²) >= 11 is 3.42. The van der Waals surface area contributed by atoms with E-state index in [1.54, 1.807) is 0 Å². The summed E-state index contributed by atoms with van der Waals surface area (Å²) in [5.41, 5.74) is 1.24. The maximum absolute atomic E-state index is 5.74. The molecule has 17 heavy (non-hydrogen) atoms. The van der Waals surface area contributed by atoms with Crippen molar-refractivity contribution in [3.63, 3.8) is 0 Å². The van der Waals surface area contributed by atoms with Crippen molar-refractivity contribution in [1.29, 1.82) is 0 Å². The Labute approximate surface area is 113 Å². The van der Waals surface area contributed by atoms with Crippen LogP contribution in [0.3, 0.4) is 0 Å². The van der Waals surface area contributed by atoms with Gasteiger partial charge in [0.25, 0.3) is 0 Å². The lowest BCUT2D eigenvalue weighted by Crippen LogP contribution is -2.21. The average Bonchev–Trinajstić information content (AvgIpc) is 2.37. The monoisotopic (exact) mass is 299 g/mol. The van der Waals surface area contributed by atoms with Crippen LogP contribution in [-0.2, 0) is 0 Å². The molecule has 96 valence electrons. The molecule has 0 heterocycles. The molecule has 0 atom stereocenters. The summed E-state index contributed by atoms with van der Waals surface area (Å²) in [6.45, 7) is 7.21. The molecule has 1 aromatic rings. The Bertz CT molecular complexity index is 313. The van der Waals surface area contributed by atoms with Crippen molar-refractivity contribution in [2.75, 3.05) is 29.9 Å². The van der Waals surface area contributed by atoms with E-state index in [2.05, 4.69) is 52.9 Å². The molecule has 0 amide bonds. The maximum atomic E-state index is 5.74. The van der Waals surface area contributed by atoms with Crippen LogP contribution in [0.4, 0.5) is 5.69 Å². The molecule has 1 rings (SSSR count).